The van der Waals surface area contributed by atoms with Gasteiger partial charge in [-0.15, -0.1) is 0 Å². The molecule has 0 aromatic heterocycles. The smallest absolute Gasteiger partial charge is 0.271 e. The Hall–Kier alpha value is -2.94. The van der Waals surface area contributed by atoms with Gasteiger partial charge in [0.2, 0.25) is 0 Å². The lowest BCUT2D eigenvalue weighted by Crippen LogP contribution is -2.26. The standard InChI is InChI=1S/C17H18N2O6S/c1-18(11-12-5-4-6-15(7-12)25-2)17(20)13-8-14(19(21)22)10-16(9-13)26(3,23)24/h4-10H,11H2,1-3H3. The molecule has 138 valence electrons. The van der Waals surface area contributed by atoms with Crippen molar-refractivity contribution >= 4 is 21.4 Å². The average molecular weight is 378 g/mol. The normalized spacial score (nSPS) is 11.0. The van der Waals surface area contributed by atoms with Gasteiger partial charge in [0.25, 0.3) is 11.6 Å². The largest absolute Gasteiger partial charge is 0.497 e. The molecule has 0 atom stereocenters. The minimum absolute atomic E-state index is 0.0648. The maximum absolute atomic E-state index is 12.6. The second kappa shape index (κ2) is 7.52. The van der Waals surface area contributed by atoms with E-state index in [4.69, 9.17) is 4.74 Å². The van der Waals surface area contributed by atoms with E-state index >= 15 is 0 Å². The number of carbonyl (C=O) groups is 1. The second-order valence-electron chi connectivity index (χ2n) is 5.76. The van der Waals surface area contributed by atoms with Crippen LogP contribution in [0, 0.1) is 10.1 Å². The van der Waals surface area contributed by atoms with Gasteiger partial charge in [0.1, 0.15) is 5.75 Å². The van der Waals surface area contributed by atoms with E-state index in [9.17, 15) is 23.3 Å². The first-order chi connectivity index (χ1) is 12.1. The quantitative estimate of drug-likeness (QED) is 0.564. The minimum atomic E-state index is -3.70. The number of hydrogen-bond donors (Lipinski definition) is 0. The van der Waals surface area contributed by atoms with Gasteiger partial charge in [-0.25, -0.2) is 8.42 Å². The molecule has 0 spiro atoms. The molecule has 8 nitrogen and oxygen atoms in total. The van der Waals surface area contributed by atoms with Crippen molar-refractivity contribution < 1.29 is 22.9 Å². The Labute approximate surface area is 151 Å². The lowest BCUT2D eigenvalue weighted by molar-refractivity contribution is -0.385. The van der Waals surface area contributed by atoms with Crippen LogP contribution in [0.15, 0.2) is 47.4 Å². The van der Waals surface area contributed by atoms with Crippen molar-refractivity contribution in [2.24, 2.45) is 0 Å². The molecule has 2 aromatic carbocycles. The van der Waals surface area contributed by atoms with Gasteiger partial charge in [-0.3, -0.25) is 14.9 Å². The third kappa shape index (κ3) is 4.57. The molecule has 0 aliphatic heterocycles. The van der Waals surface area contributed by atoms with E-state index in [0.717, 1.165) is 30.0 Å². The molecule has 0 saturated carbocycles. The van der Waals surface area contributed by atoms with Gasteiger partial charge < -0.3 is 9.64 Å². The summed E-state index contributed by atoms with van der Waals surface area (Å²) in [5, 5.41) is 11.1. The fourth-order valence-electron chi connectivity index (χ4n) is 2.36. The maximum atomic E-state index is 12.6. The van der Waals surface area contributed by atoms with Crippen LogP contribution in [0.2, 0.25) is 0 Å². The van der Waals surface area contributed by atoms with E-state index in [2.05, 4.69) is 0 Å². The summed E-state index contributed by atoms with van der Waals surface area (Å²) < 4.78 is 28.6. The number of hydrogen-bond acceptors (Lipinski definition) is 6. The molecule has 9 heteroatoms. The molecule has 0 bridgehead atoms. The van der Waals surface area contributed by atoms with E-state index in [1.807, 2.05) is 6.07 Å². The Morgan fingerprint density at radius 1 is 1.23 bits per heavy atom. The van der Waals surface area contributed by atoms with Gasteiger partial charge in [-0.2, -0.15) is 0 Å². The number of carbonyl (C=O) groups excluding carboxylic acids is 1. The highest BCUT2D eigenvalue weighted by Crippen LogP contribution is 2.22. The number of benzene rings is 2. The zero-order valence-corrected chi connectivity index (χ0v) is 15.3. The van der Waals surface area contributed by atoms with Crippen LogP contribution in [0.4, 0.5) is 5.69 Å². The van der Waals surface area contributed by atoms with E-state index in [0.29, 0.717) is 5.75 Å². The van der Waals surface area contributed by atoms with Gasteiger partial charge in [0, 0.05) is 37.5 Å². The van der Waals surface area contributed by atoms with Gasteiger partial charge in [0.05, 0.1) is 16.9 Å². The van der Waals surface area contributed by atoms with Gasteiger partial charge in [0.15, 0.2) is 9.84 Å². The Kier molecular flexibility index (Phi) is 5.61. The second-order valence-corrected chi connectivity index (χ2v) is 7.77. The SMILES string of the molecule is COc1cccc(CN(C)C(=O)c2cc([N+](=O)[O-])cc(S(C)(=O)=O)c2)c1. The highest BCUT2D eigenvalue weighted by atomic mass is 32.2. The molecule has 0 saturated heterocycles. The third-order valence-corrected chi connectivity index (χ3v) is 4.77. The first-order valence-electron chi connectivity index (χ1n) is 7.49. The molecule has 0 N–H and O–H groups in total. The summed E-state index contributed by atoms with van der Waals surface area (Å²) in [6.07, 6.45) is 0.931. The van der Waals surface area contributed by atoms with Crippen molar-refractivity contribution in [3.05, 3.63) is 63.7 Å². The summed E-state index contributed by atoms with van der Waals surface area (Å²) in [7, 11) is -0.640. The highest BCUT2D eigenvalue weighted by molar-refractivity contribution is 7.90. The predicted molar refractivity (Wildman–Crippen MR) is 95.0 cm³/mol. The molecule has 0 heterocycles. The monoisotopic (exact) mass is 378 g/mol. The van der Waals surface area contributed by atoms with Crippen LogP contribution in [-0.4, -0.2) is 44.6 Å². The molecular weight excluding hydrogens is 360 g/mol. The Morgan fingerprint density at radius 2 is 1.92 bits per heavy atom. The molecule has 0 radical (unpaired) electrons. The van der Waals surface area contributed by atoms with Crippen molar-refractivity contribution in [3.63, 3.8) is 0 Å². The summed E-state index contributed by atoms with van der Waals surface area (Å²) in [6.45, 7) is 0.229. The number of rotatable bonds is 6. The number of ether oxygens (including phenoxy) is 1. The number of amides is 1. The lowest BCUT2D eigenvalue weighted by atomic mass is 10.1. The Bertz CT molecular complexity index is 955. The summed E-state index contributed by atoms with van der Waals surface area (Å²) in [4.78, 5) is 24.0. The first kappa shape index (κ1) is 19.4. The maximum Gasteiger partial charge on any atom is 0.271 e. The average Bonchev–Trinajstić information content (AvgIpc) is 2.59. The van der Waals surface area contributed by atoms with E-state index in [-0.39, 0.29) is 17.0 Å². The number of sulfone groups is 1. The van der Waals surface area contributed by atoms with Crippen molar-refractivity contribution in [2.45, 2.75) is 11.4 Å². The minimum Gasteiger partial charge on any atom is -0.497 e. The zero-order valence-electron chi connectivity index (χ0n) is 14.5. The zero-order chi connectivity index (χ0) is 19.5. The van der Waals surface area contributed by atoms with Crippen molar-refractivity contribution in [3.8, 4) is 5.75 Å². The first-order valence-corrected chi connectivity index (χ1v) is 9.39. The van der Waals surface area contributed by atoms with Crippen molar-refractivity contribution in [2.75, 3.05) is 20.4 Å². The van der Waals surface area contributed by atoms with Crippen molar-refractivity contribution in [1.29, 1.82) is 0 Å². The van der Waals surface area contributed by atoms with Crippen LogP contribution in [0.3, 0.4) is 0 Å². The van der Waals surface area contributed by atoms with Crippen molar-refractivity contribution in [1.82, 2.24) is 4.90 Å². The Morgan fingerprint density at radius 3 is 2.50 bits per heavy atom. The lowest BCUT2D eigenvalue weighted by Gasteiger charge is -2.18. The summed E-state index contributed by atoms with van der Waals surface area (Å²) >= 11 is 0. The molecule has 0 unspecified atom stereocenters. The fraction of sp³-hybridized carbons (Fsp3) is 0.235. The highest BCUT2D eigenvalue weighted by Gasteiger charge is 2.21. The van der Waals surface area contributed by atoms with E-state index < -0.39 is 26.4 Å². The van der Waals surface area contributed by atoms with Gasteiger partial charge in [-0.05, 0) is 23.8 Å². The molecule has 2 aromatic rings. The summed E-state index contributed by atoms with van der Waals surface area (Å²) in [6, 6.07) is 10.3. The Balaban J connectivity index is 2.35. The molecule has 1 amide bonds. The van der Waals surface area contributed by atoms with Gasteiger partial charge in [-0.1, -0.05) is 12.1 Å². The van der Waals surface area contributed by atoms with E-state index in [1.165, 1.54) is 19.1 Å². The number of methoxy groups -OCH3 is 1. The molecule has 0 aliphatic carbocycles. The number of nitro groups is 1. The van der Waals surface area contributed by atoms with Crippen LogP contribution in [0.5, 0.6) is 5.75 Å². The van der Waals surface area contributed by atoms with Crippen LogP contribution in [0.1, 0.15) is 15.9 Å². The topological polar surface area (TPSA) is 107 Å². The number of non-ortho nitro benzene ring substituents is 1. The number of nitrogens with zero attached hydrogens (tertiary/aromatic N) is 2. The number of nitro benzene ring substituents is 1. The van der Waals surface area contributed by atoms with Crippen LogP contribution < -0.4 is 4.74 Å². The van der Waals surface area contributed by atoms with Gasteiger partial charge >= 0.3 is 0 Å². The van der Waals surface area contributed by atoms with E-state index in [1.54, 1.807) is 18.2 Å². The third-order valence-electron chi connectivity index (χ3n) is 3.68. The molecule has 0 aliphatic rings. The van der Waals surface area contributed by atoms with Crippen LogP contribution in [-0.2, 0) is 16.4 Å². The summed E-state index contributed by atoms with van der Waals surface area (Å²) in [5.74, 6) is 0.111. The molecule has 0 fully saturated rings. The predicted octanol–water partition coefficient (Wildman–Crippen LogP) is 2.28. The fourth-order valence-corrected chi connectivity index (χ4v) is 3.04. The van der Waals surface area contributed by atoms with Crippen LogP contribution in [0.25, 0.3) is 0 Å². The molecular formula is C17H18N2O6S. The van der Waals surface area contributed by atoms with Crippen LogP contribution >= 0.6 is 0 Å². The summed E-state index contributed by atoms with van der Waals surface area (Å²) in [5.41, 5.74) is 0.282. The molecule has 26 heavy (non-hydrogen) atoms. The molecule has 2 rings (SSSR count).